The van der Waals surface area contributed by atoms with Crippen molar-refractivity contribution in [3.05, 3.63) is 69.1 Å². The maximum Gasteiger partial charge on any atom is 0.358 e. The molecule has 7 nitrogen and oxygen atoms in total. The molecule has 3 aromatic rings. The average Bonchev–Trinajstić information content (AvgIpc) is 3.35. The third-order valence-corrected chi connectivity index (χ3v) is 6.69. The highest BCUT2D eigenvalue weighted by Gasteiger charge is 2.33. The fourth-order valence-electron chi connectivity index (χ4n) is 4.03. The predicted molar refractivity (Wildman–Crippen MR) is 125 cm³/mol. The molecule has 8 heteroatoms. The molecule has 2 heterocycles. The molecule has 0 atom stereocenters. The van der Waals surface area contributed by atoms with Crippen LogP contribution in [0.5, 0.6) is 0 Å². The molecule has 0 radical (unpaired) electrons. The summed E-state index contributed by atoms with van der Waals surface area (Å²) >= 11 is 1.26. The smallest absolute Gasteiger partial charge is 0.358 e. The molecule has 0 saturated carbocycles. The van der Waals surface area contributed by atoms with Crippen molar-refractivity contribution in [2.45, 2.75) is 46.5 Å². The highest BCUT2D eigenvalue weighted by Crippen LogP contribution is 2.33. The zero-order chi connectivity index (χ0) is 23.5. The van der Waals surface area contributed by atoms with Crippen molar-refractivity contribution in [1.29, 1.82) is 0 Å². The number of Topliss-reactive ketones (excluding diaryl/α,β-unsaturated/α-hetero) is 1. The lowest BCUT2D eigenvalue weighted by Gasteiger charge is -2.19. The van der Waals surface area contributed by atoms with Crippen LogP contribution in [-0.4, -0.2) is 35.8 Å². The number of ketones is 1. The zero-order valence-corrected chi connectivity index (χ0v) is 19.8. The van der Waals surface area contributed by atoms with Gasteiger partial charge in [0.25, 0.3) is 5.91 Å². The van der Waals surface area contributed by atoms with E-state index in [4.69, 9.17) is 9.15 Å². The summed E-state index contributed by atoms with van der Waals surface area (Å²) < 4.78 is 11.0. The van der Waals surface area contributed by atoms with Gasteiger partial charge < -0.3 is 9.15 Å². The van der Waals surface area contributed by atoms with E-state index in [1.165, 1.54) is 16.2 Å². The van der Waals surface area contributed by atoms with Crippen LogP contribution in [0.2, 0.25) is 0 Å². The van der Waals surface area contributed by atoms with Crippen LogP contribution >= 0.6 is 11.3 Å². The van der Waals surface area contributed by atoms with Crippen molar-refractivity contribution in [2.75, 3.05) is 18.1 Å². The third-order valence-electron chi connectivity index (χ3n) is 5.70. The SMILES string of the molecule is CCOC(=O)c1nc(N(CCc2ccccc2)C(=O)c2oc3c(c2C)C(=O)CCC3)sc1C. The van der Waals surface area contributed by atoms with Crippen molar-refractivity contribution in [3.8, 4) is 0 Å². The number of aromatic nitrogens is 1. The second kappa shape index (κ2) is 9.70. The Labute approximate surface area is 196 Å². The molecule has 33 heavy (non-hydrogen) atoms. The Kier molecular flexibility index (Phi) is 6.74. The number of fused-ring (bicyclic) bond motifs is 1. The molecule has 1 aliphatic carbocycles. The first-order valence-electron chi connectivity index (χ1n) is 11.1. The van der Waals surface area contributed by atoms with Crippen molar-refractivity contribution in [2.24, 2.45) is 0 Å². The van der Waals surface area contributed by atoms with Gasteiger partial charge >= 0.3 is 5.97 Å². The molecule has 1 aromatic carbocycles. The number of hydrogen-bond acceptors (Lipinski definition) is 7. The quantitative estimate of drug-likeness (QED) is 0.458. The zero-order valence-electron chi connectivity index (χ0n) is 19.0. The van der Waals surface area contributed by atoms with Crippen molar-refractivity contribution in [1.82, 2.24) is 4.98 Å². The lowest BCUT2D eigenvalue weighted by molar-refractivity contribution is 0.0519. The van der Waals surface area contributed by atoms with Crippen molar-refractivity contribution in [3.63, 3.8) is 0 Å². The second-order valence-corrected chi connectivity index (χ2v) is 9.13. The molecular weight excluding hydrogens is 440 g/mol. The van der Waals surface area contributed by atoms with E-state index in [0.29, 0.717) is 52.7 Å². The molecule has 2 aromatic heterocycles. The van der Waals surface area contributed by atoms with Gasteiger partial charge in [0, 0.05) is 29.8 Å². The highest BCUT2D eigenvalue weighted by atomic mass is 32.1. The standard InChI is InChI=1S/C25H26N2O5S/c1-4-31-24(30)21-16(3)33-25(26-21)27(14-13-17-9-6-5-7-10-17)23(29)22-15(2)20-18(28)11-8-12-19(20)32-22/h5-7,9-10H,4,8,11-14H2,1-3H3. The first-order valence-corrected chi connectivity index (χ1v) is 11.9. The summed E-state index contributed by atoms with van der Waals surface area (Å²) in [6, 6.07) is 9.83. The molecule has 4 rings (SSSR count). The van der Waals surface area contributed by atoms with Crippen LogP contribution < -0.4 is 4.90 Å². The number of furan rings is 1. The largest absolute Gasteiger partial charge is 0.461 e. The minimum absolute atomic E-state index is 0.0158. The Morgan fingerprint density at radius 2 is 1.94 bits per heavy atom. The Bertz CT molecular complexity index is 1200. The Balaban J connectivity index is 1.70. The van der Waals surface area contributed by atoms with E-state index in [2.05, 4.69) is 4.98 Å². The van der Waals surface area contributed by atoms with Gasteiger partial charge in [-0.15, -0.1) is 11.3 Å². The van der Waals surface area contributed by atoms with E-state index in [-0.39, 0.29) is 29.8 Å². The number of benzene rings is 1. The maximum atomic E-state index is 13.7. The van der Waals surface area contributed by atoms with Gasteiger partial charge in [-0.05, 0) is 39.2 Å². The number of rotatable bonds is 7. The van der Waals surface area contributed by atoms with E-state index >= 15 is 0 Å². The van der Waals surface area contributed by atoms with Crippen LogP contribution in [0.1, 0.15) is 72.9 Å². The lowest BCUT2D eigenvalue weighted by atomic mass is 9.94. The number of aryl methyl sites for hydroxylation is 2. The molecule has 0 aliphatic heterocycles. The number of thiazole rings is 1. The normalized spacial score (nSPS) is 13.0. The number of amides is 1. The van der Waals surface area contributed by atoms with Gasteiger partial charge in [0.1, 0.15) is 5.76 Å². The topological polar surface area (TPSA) is 89.7 Å². The maximum absolute atomic E-state index is 13.7. The highest BCUT2D eigenvalue weighted by molar-refractivity contribution is 7.16. The number of carbonyl (C=O) groups excluding carboxylic acids is 3. The summed E-state index contributed by atoms with van der Waals surface area (Å²) in [5.41, 5.74) is 2.39. The van der Waals surface area contributed by atoms with Crippen LogP contribution in [0, 0.1) is 13.8 Å². The van der Waals surface area contributed by atoms with Crippen LogP contribution in [-0.2, 0) is 17.6 Å². The summed E-state index contributed by atoms with van der Waals surface area (Å²) in [6.07, 6.45) is 2.42. The number of carbonyl (C=O) groups is 3. The van der Waals surface area contributed by atoms with Crippen LogP contribution in [0.4, 0.5) is 5.13 Å². The Morgan fingerprint density at radius 1 is 1.18 bits per heavy atom. The first-order chi connectivity index (χ1) is 15.9. The molecule has 1 amide bonds. The Morgan fingerprint density at radius 3 is 2.64 bits per heavy atom. The molecular formula is C25H26N2O5S. The number of ether oxygens (including phenoxy) is 1. The molecule has 0 saturated heterocycles. The van der Waals surface area contributed by atoms with Crippen molar-refractivity contribution < 1.29 is 23.5 Å². The number of hydrogen-bond donors (Lipinski definition) is 0. The van der Waals surface area contributed by atoms with Gasteiger partial charge in [-0.25, -0.2) is 9.78 Å². The Hall–Kier alpha value is -3.26. The molecule has 0 N–H and O–H groups in total. The number of anilines is 1. The summed E-state index contributed by atoms with van der Waals surface area (Å²) in [5, 5.41) is 0.400. The van der Waals surface area contributed by atoms with E-state index in [9.17, 15) is 14.4 Å². The second-order valence-electron chi connectivity index (χ2n) is 7.95. The summed E-state index contributed by atoms with van der Waals surface area (Å²) in [4.78, 5) is 45.1. The monoisotopic (exact) mass is 466 g/mol. The molecule has 172 valence electrons. The van der Waals surface area contributed by atoms with Crippen LogP contribution in [0.25, 0.3) is 0 Å². The fraction of sp³-hybridized carbons (Fsp3) is 0.360. The van der Waals surface area contributed by atoms with E-state index in [1.54, 1.807) is 20.8 Å². The van der Waals surface area contributed by atoms with Gasteiger partial charge in [0.2, 0.25) is 0 Å². The molecule has 0 fully saturated rings. The minimum Gasteiger partial charge on any atom is -0.461 e. The van der Waals surface area contributed by atoms with Gasteiger partial charge in [-0.3, -0.25) is 14.5 Å². The van der Waals surface area contributed by atoms with Crippen molar-refractivity contribution >= 4 is 34.1 Å². The van der Waals surface area contributed by atoms with Gasteiger partial charge in [-0.1, -0.05) is 30.3 Å². The molecule has 0 unspecified atom stereocenters. The third kappa shape index (κ3) is 4.61. The molecule has 1 aliphatic rings. The number of esters is 1. The minimum atomic E-state index is -0.511. The summed E-state index contributed by atoms with van der Waals surface area (Å²) in [5.74, 6) is -0.119. The molecule has 0 spiro atoms. The van der Waals surface area contributed by atoms with Gasteiger partial charge in [0.05, 0.1) is 12.2 Å². The summed E-state index contributed by atoms with van der Waals surface area (Å²) in [7, 11) is 0. The number of nitrogens with zero attached hydrogens (tertiary/aromatic N) is 2. The first kappa shape index (κ1) is 22.9. The lowest BCUT2D eigenvalue weighted by Crippen LogP contribution is -2.33. The van der Waals surface area contributed by atoms with Crippen LogP contribution in [0.3, 0.4) is 0 Å². The van der Waals surface area contributed by atoms with Gasteiger partial charge in [-0.2, -0.15) is 0 Å². The van der Waals surface area contributed by atoms with E-state index in [0.717, 1.165) is 12.0 Å². The predicted octanol–water partition coefficient (Wildman–Crippen LogP) is 4.94. The fourth-order valence-corrected chi connectivity index (χ4v) is 4.95. The van der Waals surface area contributed by atoms with Gasteiger partial charge in [0.15, 0.2) is 22.4 Å². The molecule has 0 bridgehead atoms. The summed E-state index contributed by atoms with van der Waals surface area (Å²) in [6.45, 7) is 5.86. The van der Waals surface area contributed by atoms with Crippen LogP contribution in [0.15, 0.2) is 34.7 Å². The van der Waals surface area contributed by atoms with E-state index < -0.39 is 5.97 Å². The average molecular weight is 467 g/mol. The van der Waals surface area contributed by atoms with E-state index in [1.807, 2.05) is 30.3 Å².